The van der Waals surface area contributed by atoms with Gasteiger partial charge in [0.25, 0.3) is 5.69 Å². The lowest BCUT2D eigenvalue weighted by Gasteiger charge is -2.28. The third kappa shape index (κ3) is 5.69. The van der Waals surface area contributed by atoms with Crippen LogP contribution in [0.3, 0.4) is 0 Å². The molecule has 0 aromatic heterocycles. The molecule has 7 heteroatoms. The average molecular weight is 311 g/mol. The Morgan fingerprint density at radius 2 is 2.05 bits per heavy atom. The summed E-state index contributed by atoms with van der Waals surface area (Å²) in [6.45, 7) is 6.98. The van der Waals surface area contributed by atoms with E-state index in [0.29, 0.717) is 12.0 Å². The van der Waals surface area contributed by atoms with Crippen molar-refractivity contribution in [2.24, 2.45) is 0 Å². The minimum atomic E-state index is -1.11. The minimum absolute atomic E-state index is 0.0134. The summed E-state index contributed by atoms with van der Waals surface area (Å²) >= 11 is 0. The van der Waals surface area contributed by atoms with Gasteiger partial charge in [-0.15, -0.1) is 0 Å². The summed E-state index contributed by atoms with van der Waals surface area (Å²) in [6, 6.07) is 4.20. The second-order valence-electron chi connectivity index (χ2n) is 5.83. The Kier molecular flexibility index (Phi) is 5.87. The van der Waals surface area contributed by atoms with Crippen LogP contribution in [0.5, 0.6) is 5.75 Å². The number of carboxylic acid groups (broad SMARTS) is 1. The highest BCUT2D eigenvalue weighted by Gasteiger charge is 2.26. The van der Waals surface area contributed by atoms with Gasteiger partial charge in [0.05, 0.1) is 16.6 Å². The summed E-state index contributed by atoms with van der Waals surface area (Å²) in [5.41, 5.74) is -0.189. The molecule has 0 aliphatic rings. The third-order valence-corrected chi connectivity index (χ3v) is 2.78. The van der Waals surface area contributed by atoms with Crippen molar-refractivity contribution in [3.63, 3.8) is 0 Å². The number of nitro benzene ring substituents is 1. The molecule has 0 spiro atoms. The average Bonchev–Trinajstić information content (AvgIpc) is 2.33. The molecule has 0 aliphatic heterocycles. The first-order valence-corrected chi connectivity index (χ1v) is 6.90. The largest absolute Gasteiger partial charge is 0.482 e. The first-order chi connectivity index (χ1) is 10.1. The Bertz CT molecular complexity index is 553. The van der Waals surface area contributed by atoms with Gasteiger partial charge in [-0.1, -0.05) is 0 Å². The SMILES string of the molecule is CC(C)OC(C)(C)Cc1cc(OCC(=O)O)ccc1[N+](=O)[O-]. The predicted octanol–water partition coefficient (Wildman–Crippen LogP) is 2.80. The van der Waals surface area contributed by atoms with Gasteiger partial charge in [-0.05, 0) is 39.8 Å². The number of hydrogen-bond donors (Lipinski definition) is 1. The third-order valence-electron chi connectivity index (χ3n) is 2.78. The first-order valence-electron chi connectivity index (χ1n) is 6.90. The highest BCUT2D eigenvalue weighted by molar-refractivity contribution is 5.68. The van der Waals surface area contributed by atoms with Crippen molar-refractivity contribution in [2.45, 2.75) is 45.8 Å². The highest BCUT2D eigenvalue weighted by Crippen LogP contribution is 2.29. The van der Waals surface area contributed by atoms with Gasteiger partial charge in [-0.2, -0.15) is 0 Å². The number of carbonyl (C=O) groups is 1. The number of nitrogens with zero attached hydrogens (tertiary/aromatic N) is 1. The van der Waals surface area contributed by atoms with E-state index in [9.17, 15) is 14.9 Å². The molecule has 1 aromatic rings. The predicted molar refractivity (Wildman–Crippen MR) is 80.2 cm³/mol. The number of rotatable bonds is 8. The molecule has 1 aromatic carbocycles. The second kappa shape index (κ2) is 7.22. The lowest BCUT2D eigenvalue weighted by Crippen LogP contribution is -2.30. The zero-order chi connectivity index (χ0) is 16.9. The van der Waals surface area contributed by atoms with Crippen LogP contribution in [0, 0.1) is 10.1 Å². The molecule has 22 heavy (non-hydrogen) atoms. The number of benzene rings is 1. The van der Waals surface area contributed by atoms with Gasteiger partial charge in [-0.25, -0.2) is 4.79 Å². The molecule has 0 saturated heterocycles. The van der Waals surface area contributed by atoms with Gasteiger partial charge in [-0.3, -0.25) is 10.1 Å². The van der Waals surface area contributed by atoms with Gasteiger partial charge in [0, 0.05) is 18.1 Å². The molecule has 1 N–H and O–H groups in total. The molecule has 1 rings (SSSR count). The number of carboxylic acids is 1. The lowest BCUT2D eigenvalue weighted by atomic mass is 9.96. The Hall–Kier alpha value is -2.15. The van der Waals surface area contributed by atoms with Crippen molar-refractivity contribution < 1.29 is 24.3 Å². The fourth-order valence-corrected chi connectivity index (χ4v) is 2.25. The van der Waals surface area contributed by atoms with Crippen molar-refractivity contribution in [3.8, 4) is 5.75 Å². The maximum Gasteiger partial charge on any atom is 0.341 e. The van der Waals surface area contributed by atoms with E-state index in [1.54, 1.807) is 0 Å². The van der Waals surface area contributed by atoms with E-state index in [-0.39, 0.29) is 17.5 Å². The summed E-state index contributed by atoms with van der Waals surface area (Å²) in [7, 11) is 0. The molecule has 0 fully saturated rings. The molecule has 0 atom stereocenters. The van der Waals surface area contributed by atoms with Gasteiger partial charge in [0.1, 0.15) is 5.75 Å². The van der Waals surface area contributed by atoms with E-state index < -0.39 is 23.1 Å². The number of nitro groups is 1. The number of hydrogen-bond acceptors (Lipinski definition) is 5. The smallest absolute Gasteiger partial charge is 0.341 e. The summed E-state index contributed by atoms with van der Waals surface area (Å²) < 4.78 is 10.8. The summed E-state index contributed by atoms with van der Waals surface area (Å²) in [6.07, 6.45) is 0.298. The van der Waals surface area contributed by atoms with Crippen LogP contribution in [-0.4, -0.2) is 34.3 Å². The van der Waals surface area contributed by atoms with Crippen LogP contribution < -0.4 is 4.74 Å². The molecule has 0 unspecified atom stereocenters. The molecule has 0 aliphatic carbocycles. The molecule has 0 heterocycles. The summed E-state index contributed by atoms with van der Waals surface area (Å²) in [5.74, 6) is -0.827. The van der Waals surface area contributed by atoms with Gasteiger partial charge in [0.2, 0.25) is 0 Å². The van der Waals surface area contributed by atoms with Crippen LogP contribution >= 0.6 is 0 Å². The van der Waals surface area contributed by atoms with Crippen molar-refractivity contribution in [3.05, 3.63) is 33.9 Å². The molecular weight excluding hydrogens is 290 g/mol. The Morgan fingerprint density at radius 1 is 1.41 bits per heavy atom. The van der Waals surface area contributed by atoms with E-state index >= 15 is 0 Å². The fraction of sp³-hybridized carbons (Fsp3) is 0.533. The van der Waals surface area contributed by atoms with Crippen LogP contribution in [-0.2, 0) is 16.0 Å². The maximum absolute atomic E-state index is 11.1. The van der Waals surface area contributed by atoms with E-state index in [0.717, 1.165) is 0 Å². The Morgan fingerprint density at radius 3 is 2.55 bits per heavy atom. The van der Waals surface area contributed by atoms with E-state index in [2.05, 4.69) is 0 Å². The zero-order valence-electron chi connectivity index (χ0n) is 13.2. The minimum Gasteiger partial charge on any atom is -0.482 e. The monoisotopic (exact) mass is 311 g/mol. The van der Waals surface area contributed by atoms with Gasteiger partial charge < -0.3 is 14.6 Å². The fourth-order valence-electron chi connectivity index (χ4n) is 2.25. The maximum atomic E-state index is 11.1. The first kappa shape index (κ1) is 17.9. The molecule has 0 bridgehead atoms. The van der Waals surface area contributed by atoms with Gasteiger partial charge in [0.15, 0.2) is 6.61 Å². The number of aliphatic carboxylic acids is 1. The van der Waals surface area contributed by atoms with Crippen LogP contribution in [0.15, 0.2) is 18.2 Å². The summed E-state index contributed by atoms with van der Waals surface area (Å²) in [5, 5.41) is 19.8. The van der Waals surface area contributed by atoms with E-state index in [4.69, 9.17) is 14.6 Å². The second-order valence-corrected chi connectivity index (χ2v) is 5.83. The standard InChI is InChI=1S/C15H21NO6/c1-10(2)22-15(3,4)8-11-7-12(21-9-14(17)18)5-6-13(11)16(19)20/h5-7,10H,8-9H2,1-4H3,(H,17,18). The van der Waals surface area contributed by atoms with Crippen molar-refractivity contribution >= 4 is 11.7 Å². The Balaban J connectivity index is 3.04. The quantitative estimate of drug-likeness (QED) is 0.585. The zero-order valence-corrected chi connectivity index (χ0v) is 13.2. The Labute approximate surface area is 129 Å². The lowest BCUT2D eigenvalue weighted by molar-refractivity contribution is -0.385. The normalized spacial score (nSPS) is 11.5. The van der Waals surface area contributed by atoms with E-state index in [1.165, 1.54) is 18.2 Å². The van der Waals surface area contributed by atoms with Crippen molar-refractivity contribution in [2.75, 3.05) is 6.61 Å². The van der Waals surface area contributed by atoms with Crippen LogP contribution in [0.1, 0.15) is 33.3 Å². The summed E-state index contributed by atoms with van der Waals surface area (Å²) in [4.78, 5) is 21.2. The van der Waals surface area contributed by atoms with Crippen molar-refractivity contribution in [1.29, 1.82) is 0 Å². The topological polar surface area (TPSA) is 98.9 Å². The van der Waals surface area contributed by atoms with Crippen LogP contribution in [0.4, 0.5) is 5.69 Å². The highest BCUT2D eigenvalue weighted by atomic mass is 16.6. The molecule has 122 valence electrons. The van der Waals surface area contributed by atoms with Gasteiger partial charge >= 0.3 is 5.97 Å². The molecular formula is C15H21NO6. The molecule has 0 radical (unpaired) electrons. The number of ether oxygens (including phenoxy) is 2. The van der Waals surface area contributed by atoms with E-state index in [1.807, 2.05) is 27.7 Å². The molecule has 7 nitrogen and oxygen atoms in total. The van der Waals surface area contributed by atoms with Crippen LogP contribution in [0.2, 0.25) is 0 Å². The van der Waals surface area contributed by atoms with Crippen molar-refractivity contribution in [1.82, 2.24) is 0 Å². The molecule has 0 saturated carbocycles. The molecule has 0 amide bonds. The van der Waals surface area contributed by atoms with Crippen LogP contribution in [0.25, 0.3) is 0 Å².